The van der Waals surface area contributed by atoms with Gasteiger partial charge >= 0.3 is 5.97 Å². The number of ether oxygens (including phenoxy) is 1. The number of hydrogen-bond acceptors (Lipinski definition) is 5. The summed E-state index contributed by atoms with van der Waals surface area (Å²) in [6.07, 6.45) is 5.78. The molecule has 0 atom stereocenters. The van der Waals surface area contributed by atoms with Crippen molar-refractivity contribution < 1.29 is 19.4 Å². The van der Waals surface area contributed by atoms with Gasteiger partial charge in [0.1, 0.15) is 12.3 Å². The van der Waals surface area contributed by atoms with Gasteiger partial charge < -0.3 is 15.2 Å². The molecule has 24 heavy (non-hydrogen) atoms. The number of nitrogens with one attached hydrogen (secondary N) is 1. The SMILES string of the molecule is O=C(Cn1cc(C(=O)O)nn1)Nc1ccccc1OC1CCCC1. The van der Waals surface area contributed by atoms with Gasteiger partial charge in [-0.25, -0.2) is 9.48 Å². The zero-order valence-electron chi connectivity index (χ0n) is 13.0. The molecule has 0 unspecified atom stereocenters. The van der Waals surface area contributed by atoms with Crippen LogP contribution < -0.4 is 10.1 Å². The van der Waals surface area contributed by atoms with E-state index in [4.69, 9.17) is 9.84 Å². The summed E-state index contributed by atoms with van der Waals surface area (Å²) in [4.78, 5) is 22.9. The lowest BCUT2D eigenvalue weighted by molar-refractivity contribution is -0.117. The van der Waals surface area contributed by atoms with Crippen molar-refractivity contribution in [2.24, 2.45) is 0 Å². The number of benzene rings is 1. The highest BCUT2D eigenvalue weighted by Crippen LogP contribution is 2.29. The summed E-state index contributed by atoms with van der Waals surface area (Å²) in [7, 11) is 0. The number of rotatable bonds is 6. The Morgan fingerprint density at radius 2 is 2.04 bits per heavy atom. The molecule has 0 saturated heterocycles. The number of carboxylic acid groups (broad SMARTS) is 1. The van der Waals surface area contributed by atoms with Crippen molar-refractivity contribution in [3.8, 4) is 5.75 Å². The molecule has 1 aromatic heterocycles. The Kier molecular flexibility index (Phi) is 4.74. The number of para-hydroxylation sites is 2. The van der Waals surface area contributed by atoms with Crippen molar-refractivity contribution in [1.82, 2.24) is 15.0 Å². The second kappa shape index (κ2) is 7.12. The molecule has 8 nitrogen and oxygen atoms in total. The predicted octanol–water partition coefficient (Wildman–Crippen LogP) is 1.94. The van der Waals surface area contributed by atoms with E-state index in [2.05, 4.69) is 15.6 Å². The fraction of sp³-hybridized carbons (Fsp3) is 0.375. The molecule has 0 aliphatic heterocycles. The fourth-order valence-corrected chi connectivity index (χ4v) is 2.67. The first-order valence-corrected chi connectivity index (χ1v) is 7.81. The van der Waals surface area contributed by atoms with E-state index >= 15 is 0 Å². The first kappa shape index (κ1) is 16.0. The average Bonchev–Trinajstić information content (AvgIpc) is 3.21. The predicted molar refractivity (Wildman–Crippen MR) is 84.9 cm³/mol. The van der Waals surface area contributed by atoms with Gasteiger partial charge in [0.2, 0.25) is 5.91 Å². The van der Waals surface area contributed by atoms with Gasteiger partial charge in [0.25, 0.3) is 0 Å². The summed E-state index contributed by atoms with van der Waals surface area (Å²) in [6, 6.07) is 7.27. The van der Waals surface area contributed by atoms with E-state index in [1.165, 1.54) is 10.9 Å². The normalized spacial score (nSPS) is 14.5. The molecule has 2 N–H and O–H groups in total. The number of aromatic carboxylic acids is 1. The third-order valence-corrected chi connectivity index (χ3v) is 3.82. The van der Waals surface area contributed by atoms with Crippen LogP contribution in [-0.2, 0) is 11.3 Å². The molecule has 1 saturated carbocycles. The summed E-state index contributed by atoms with van der Waals surface area (Å²) in [6.45, 7) is -0.127. The quantitative estimate of drug-likeness (QED) is 0.838. The summed E-state index contributed by atoms with van der Waals surface area (Å²) in [5.41, 5.74) is 0.390. The topological polar surface area (TPSA) is 106 Å². The maximum Gasteiger partial charge on any atom is 0.358 e. The number of carboxylic acids is 1. The Bertz CT molecular complexity index is 737. The average molecular weight is 330 g/mol. The number of nitrogens with zero attached hydrogens (tertiary/aromatic N) is 3. The van der Waals surface area contributed by atoms with Crippen molar-refractivity contribution in [3.63, 3.8) is 0 Å². The molecule has 1 amide bonds. The van der Waals surface area contributed by atoms with Crippen molar-refractivity contribution in [3.05, 3.63) is 36.2 Å². The Labute approximate surface area is 138 Å². The van der Waals surface area contributed by atoms with Crippen LogP contribution in [-0.4, -0.2) is 38.1 Å². The minimum absolute atomic E-state index is 0.127. The van der Waals surface area contributed by atoms with E-state index in [1.54, 1.807) is 6.07 Å². The van der Waals surface area contributed by atoms with Gasteiger partial charge in [0.05, 0.1) is 18.0 Å². The highest BCUT2D eigenvalue weighted by Gasteiger charge is 2.18. The molecular formula is C16H18N4O4. The first-order valence-electron chi connectivity index (χ1n) is 7.81. The fourth-order valence-electron chi connectivity index (χ4n) is 2.67. The number of carbonyl (C=O) groups is 2. The van der Waals surface area contributed by atoms with Crippen LogP contribution in [0.4, 0.5) is 5.69 Å². The van der Waals surface area contributed by atoms with E-state index in [-0.39, 0.29) is 24.2 Å². The van der Waals surface area contributed by atoms with Crippen molar-refractivity contribution in [1.29, 1.82) is 0 Å². The molecular weight excluding hydrogens is 312 g/mol. The van der Waals surface area contributed by atoms with E-state index in [1.807, 2.05) is 18.2 Å². The molecule has 2 aromatic rings. The maximum absolute atomic E-state index is 12.1. The van der Waals surface area contributed by atoms with Crippen LogP contribution in [0.15, 0.2) is 30.5 Å². The monoisotopic (exact) mass is 330 g/mol. The van der Waals surface area contributed by atoms with Crippen LogP contribution in [0.2, 0.25) is 0 Å². The van der Waals surface area contributed by atoms with Crippen LogP contribution in [0.1, 0.15) is 36.2 Å². The molecule has 0 bridgehead atoms. The lowest BCUT2D eigenvalue weighted by Gasteiger charge is -2.16. The minimum atomic E-state index is -1.18. The van der Waals surface area contributed by atoms with E-state index < -0.39 is 5.97 Å². The molecule has 126 valence electrons. The van der Waals surface area contributed by atoms with Gasteiger partial charge in [-0.15, -0.1) is 5.10 Å². The Morgan fingerprint density at radius 1 is 1.29 bits per heavy atom. The van der Waals surface area contributed by atoms with Crippen LogP contribution in [0.3, 0.4) is 0 Å². The molecule has 0 radical (unpaired) electrons. The zero-order chi connectivity index (χ0) is 16.9. The van der Waals surface area contributed by atoms with Gasteiger partial charge in [-0.1, -0.05) is 17.3 Å². The van der Waals surface area contributed by atoms with Crippen molar-refractivity contribution in [2.45, 2.75) is 38.3 Å². The van der Waals surface area contributed by atoms with Gasteiger partial charge in [0.15, 0.2) is 5.69 Å². The van der Waals surface area contributed by atoms with Crippen LogP contribution in [0.25, 0.3) is 0 Å². The van der Waals surface area contributed by atoms with E-state index in [0.29, 0.717) is 11.4 Å². The largest absolute Gasteiger partial charge is 0.488 e. The van der Waals surface area contributed by atoms with Crippen LogP contribution >= 0.6 is 0 Å². The molecule has 1 aromatic carbocycles. The summed E-state index contributed by atoms with van der Waals surface area (Å²) >= 11 is 0. The summed E-state index contributed by atoms with van der Waals surface area (Å²) in [5.74, 6) is -0.876. The maximum atomic E-state index is 12.1. The van der Waals surface area contributed by atoms with Crippen LogP contribution in [0.5, 0.6) is 5.75 Å². The molecule has 1 aliphatic carbocycles. The first-order chi connectivity index (χ1) is 11.6. The highest BCUT2D eigenvalue weighted by atomic mass is 16.5. The molecule has 1 aliphatic rings. The Morgan fingerprint density at radius 3 is 2.75 bits per heavy atom. The van der Waals surface area contributed by atoms with Gasteiger partial charge in [-0.3, -0.25) is 4.79 Å². The Balaban J connectivity index is 1.64. The molecule has 3 rings (SSSR count). The highest BCUT2D eigenvalue weighted by molar-refractivity contribution is 5.92. The smallest absolute Gasteiger partial charge is 0.358 e. The molecule has 0 spiro atoms. The third-order valence-electron chi connectivity index (χ3n) is 3.82. The number of anilines is 1. The molecule has 1 heterocycles. The lowest BCUT2D eigenvalue weighted by Crippen LogP contribution is -2.20. The third kappa shape index (κ3) is 3.89. The number of aromatic nitrogens is 3. The number of carbonyl (C=O) groups excluding carboxylic acids is 1. The zero-order valence-corrected chi connectivity index (χ0v) is 13.0. The molecule has 8 heteroatoms. The summed E-state index contributed by atoms with van der Waals surface area (Å²) in [5, 5.41) is 18.7. The van der Waals surface area contributed by atoms with Gasteiger partial charge in [-0.05, 0) is 37.8 Å². The van der Waals surface area contributed by atoms with E-state index in [0.717, 1.165) is 25.7 Å². The Hall–Kier alpha value is -2.90. The number of amides is 1. The van der Waals surface area contributed by atoms with Gasteiger partial charge in [0, 0.05) is 0 Å². The summed E-state index contributed by atoms with van der Waals surface area (Å²) < 4.78 is 7.15. The minimum Gasteiger partial charge on any atom is -0.488 e. The van der Waals surface area contributed by atoms with Gasteiger partial charge in [-0.2, -0.15) is 0 Å². The van der Waals surface area contributed by atoms with Crippen molar-refractivity contribution in [2.75, 3.05) is 5.32 Å². The standard InChI is InChI=1S/C16H18N4O4/c21-15(10-20-9-13(16(22)23)18-19-20)17-12-7-3-4-8-14(12)24-11-5-1-2-6-11/h3-4,7-9,11H,1-2,5-6,10H2,(H,17,21)(H,22,23). The lowest BCUT2D eigenvalue weighted by atomic mass is 10.2. The second-order valence-corrected chi connectivity index (χ2v) is 5.68. The second-order valence-electron chi connectivity index (χ2n) is 5.68. The van der Waals surface area contributed by atoms with Crippen molar-refractivity contribution >= 4 is 17.6 Å². The van der Waals surface area contributed by atoms with E-state index in [9.17, 15) is 9.59 Å². The molecule has 1 fully saturated rings. The van der Waals surface area contributed by atoms with Crippen LogP contribution in [0, 0.1) is 0 Å². The number of hydrogen-bond donors (Lipinski definition) is 2.